The van der Waals surface area contributed by atoms with Crippen molar-refractivity contribution >= 4 is 17.6 Å². The minimum atomic E-state index is -0.161. The van der Waals surface area contributed by atoms with Crippen LogP contribution in [0.1, 0.15) is 37.5 Å². The van der Waals surface area contributed by atoms with Gasteiger partial charge in [0.15, 0.2) is 11.6 Å². The molecule has 0 spiro atoms. The molecule has 4 heteroatoms. The maximum absolute atomic E-state index is 13.1. The molecule has 0 fully saturated rings. The topological polar surface area (TPSA) is 50.3 Å². The van der Waals surface area contributed by atoms with Crippen molar-refractivity contribution in [3.05, 3.63) is 94.8 Å². The summed E-state index contributed by atoms with van der Waals surface area (Å²) in [7, 11) is 3.79. The summed E-state index contributed by atoms with van der Waals surface area (Å²) in [4.78, 5) is 32.8. The second-order valence-electron chi connectivity index (χ2n) is 6.66. The molecule has 0 aliphatic heterocycles. The molecule has 4 nitrogen and oxygen atoms in total. The average molecular weight is 354 g/mol. The third kappa shape index (κ3) is 2.95. The first kappa shape index (κ1) is 16.9. The summed E-state index contributed by atoms with van der Waals surface area (Å²) in [5.74, 6) is -0.301. The molecule has 0 amide bonds. The van der Waals surface area contributed by atoms with E-state index in [9.17, 15) is 9.59 Å². The number of fused-ring (bicyclic) bond motifs is 2. The minimum Gasteiger partial charge on any atom is -0.383 e. The molecule has 1 heterocycles. The van der Waals surface area contributed by atoms with Crippen LogP contribution in [0.15, 0.2) is 66.9 Å². The summed E-state index contributed by atoms with van der Waals surface area (Å²) in [5, 5.41) is 0. The lowest BCUT2D eigenvalue weighted by molar-refractivity contribution is 0.0978. The Balaban J connectivity index is 1.98. The van der Waals surface area contributed by atoms with Crippen LogP contribution in [-0.4, -0.2) is 35.5 Å². The van der Waals surface area contributed by atoms with Gasteiger partial charge in [0.25, 0.3) is 0 Å². The van der Waals surface area contributed by atoms with Crippen LogP contribution in [0.25, 0.3) is 17.3 Å². The molecule has 4 rings (SSSR count). The SMILES string of the molecule is CN(C)/C=C/c1nc(-c2ccccc2)cc2c1C(=O)c1ccccc1C2=O. The summed E-state index contributed by atoms with van der Waals surface area (Å²) in [6.45, 7) is 0. The first-order valence-electron chi connectivity index (χ1n) is 8.70. The van der Waals surface area contributed by atoms with Crippen molar-refractivity contribution in [2.24, 2.45) is 0 Å². The number of pyridine rings is 1. The zero-order valence-electron chi connectivity index (χ0n) is 15.1. The second-order valence-corrected chi connectivity index (χ2v) is 6.66. The Morgan fingerprint density at radius 2 is 1.44 bits per heavy atom. The number of rotatable bonds is 3. The molecule has 3 aromatic rings. The van der Waals surface area contributed by atoms with Gasteiger partial charge in [-0.1, -0.05) is 54.6 Å². The number of hydrogen-bond acceptors (Lipinski definition) is 4. The third-order valence-electron chi connectivity index (χ3n) is 4.54. The molecule has 1 aliphatic carbocycles. The molecule has 0 N–H and O–H groups in total. The highest BCUT2D eigenvalue weighted by atomic mass is 16.1. The summed E-state index contributed by atoms with van der Waals surface area (Å²) >= 11 is 0. The highest BCUT2D eigenvalue weighted by Gasteiger charge is 2.32. The van der Waals surface area contributed by atoms with Gasteiger partial charge in [0.05, 0.1) is 17.0 Å². The van der Waals surface area contributed by atoms with Crippen LogP contribution in [0.5, 0.6) is 0 Å². The standard InChI is InChI=1S/C23H18N2O2/c1-25(2)13-12-19-21-18(14-20(24-19)15-8-4-3-5-9-15)22(26)16-10-6-7-11-17(16)23(21)27/h3-14H,1-2H3/b13-12+. The van der Waals surface area contributed by atoms with Crippen LogP contribution in [-0.2, 0) is 0 Å². The van der Waals surface area contributed by atoms with Gasteiger partial charge in [-0.3, -0.25) is 9.59 Å². The normalized spacial score (nSPS) is 12.8. The molecule has 0 saturated heterocycles. The maximum Gasteiger partial charge on any atom is 0.196 e. The van der Waals surface area contributed by atoms with Crippen molar-refractivity contribution in [1.29, 1.82) is 0 Å². The largest absolute Gasteiger partial charge is 0.383 e. The van der Waals surface area contributed by atoms with Crippen molar-refractivity contribution in [3.8, 4) is 11.3 Å². The van der Waals surface area contributed by atoms with Crippen LogP contribution in [0, 0.1) is 0 Å². The van der Waals surface area contributed by atoms with Gasteiger partial charge in [0.2, 0.25) is 0 Å². The third-order valence-corrected chi connectivity index (χ3v) is 4.54. The van der Waals surface area contributed by atoms with Crippen molar-refractivity contribution in [2.75, 3.05) is 14.1 Å². The Kier molecular flexibility index (Phi) is 4.16. The maximum atomic E-state index is 13.1. The summed E-state index contributed by atoms with van der Waals surface area (Å²) in [5.41, 5.74) is 3.74. The quantitative estimate of drug-likeness (QED) is 0.557. The van der Waals surface area contributed by atoms with Crippen molar-refractivity contribution in [2.45, 2.75) is 0 Å². The smallest absolute Gasteiger partial charge is 0.196 e. The highest BCUT2D eigenvalue weighted by Crippen LogP contribution is 2.32. The lowest BCUT2D eigenvalue weighted by Gasteiger charge is -2.20. The van der Waals surface area contributed by atoms with Gasteiger partial charge in [-0.25, -0.2) is 4.98 Å². The van der Waals surface area contributed by atoms with E-state index in [0.717, 1.165) is 5.56 Å². The summed E-state index contributed by atoms with van der Waals surface area (Å²) in [6.07, 6.45) is 3.61. The second kappa shape index (κ2) is 6.65. The number of nitrogens with zero attached hydrogens (tertiary/aromatic N) is 2. The number of hydrogen-bond donors (Lipinski definition) is 0. The van der Waals surface area contributed by atoms with Crippen LogP contribution in [0.2, 0.25) is 0 Å². The van der Waals surface area contributed by atoms with Crippen molar-refractivity contribution < 1.29 is 9.59 Å². The number of ketones is 2. The lowest BCUT2D eigenvalue weighted by atomic mass is 9.82. The molecule has 2 aromatic carbocycles. The molecular formula is C23H18N2O2. The number of carbonyl (C=O) groups is 2. The van der Waals surface area contributed by atoms with Gasteiger partial charge < -0.3 is 4.90 Å². The van der Waals surface area contributed by atoms with Gasteiger partial charge in [0, 0.05) is 42.5 Å². The van der Waals surface area contributed by atoms with E-state index in [-0.39, 0.29) is 11.6 Å². The number of aromatic nitrogens is 1. The molecule has 0 saturated carbocycles. The van der Waals surface area contributed by atoms with E-state index < -0.39 is 0 Å². The van der Waals surface area contributed by atoms with Crippen molar-refractivity contribution in [3.63, 3.8) is 0 Å². The first-order chi connectivity index (χ1) is 13.1. The average Bonchev–Trinajstić information content (AvgIpc) is 2.70. The molecule has 132 valence electrons. The van der Waals surface area contributed by atoms with E-state index in [2.05, 4.69) is 0 Å². The fourth-order valence-electron chi connectivity index (χ4n) is 3.24. The predicted molar refractivity (Wildman–Crippen MR) is 106 cm³/mol. The monoisotopic (exact) mass is 354 g/mol. The van der Waals surface area contributed by atoms with Gasteiger partial charge in [0.1, 0.15) is 0 Å². The molecule has 0 radical (unpaired) electrons. The molecular weight excluding hydrogens is 336 g/mol. The molecule has 27 heavy (non-hydrogen) atoms. The van der Waals surface area contributed by atoms with Gasteiger partial charge in [-0.2, -0.15) is 0 Å². The molecule has 1 aliphatic rings. The van der Waals surface area contributed by atoms with Crippen molar-refractivity contribution in [1.82, 2.24) is 9.88 Å². The molecule has 0 atom stereocenters. The fourth-order valence-corrected chi connectivity index (χ4v) is 3.24. The van der Waals surface area contributed by atoms with E-state index in [1.165, 1.54) is 0 Å². The molecule has 1 aromatic heterocycles. The number of carbonyl (C=O) groups excluding carboxylic acids is 2. The lowest BCUT2D eigenvalue weighted by Crippen LogP contribution is -2.23. The molecule has 0 bridgehead atoms. The van der Waals surface area contributed by atoms with E-state index in [1.807, 2.05) is 55.5 Å². The van der Waals surface area contributed by atoms with Crippen LogP contribution in [0.3, 0.4) is 0 Å². The Morgan fingerprint density at radius 1 is 0.815 bits per heavy atom. The van der Waals surface area contributed by atoms with E-state index in [0.29, 0.717) is 33.6 Å². The zero-order chi connectivity index (χ0) is 19.0. The van der Waals surface area contributed by atoms with E-state index >= 15 is 0 Å². The van der Waals surface area contributed by atoms with Gasteiger partial charge in [-0.05, 0) is 12.1 Å². The predicted octanol–water partition coefficient (Wildman–Crippen LogP) is 4.06. The van der Waals surface area contributed by atoms with Gasteiger partial charge >= 0.3 is 0 Å². The fraction of sp³-hybridized carbons (Fsp3) is 0.0870. The van der Waals surface area contributed by atoms with Crippen LogP contribution in [0.4, 0.5) is 0 Å². The summed E-state index contributed by atoms with van der Waals surface area (Å²) in [6, 6.07) is 18.3. The Hall–Kier alpha value is -3.53. The zero-order valence-corrected chi connectivity index (χ0v) is 15.1. The van der Waals surface area contributed by atoms with E-state index in [4.69, 9.17) is 4.98 Å². The Labute approximate surface area is 157 Å². The van der Waals surface area contributed by atoms with Gasteiger partial charge in [-0.15, -0.1) is 0 Å². The van der Waals surface area contributed by atoms with Crippen LogP contribution < -0.4 is 0 Å². The Morgan fingerprint density at radius 3 is 2.11 bits per heavy atom. The Bertz CT molecular complexity index is 1080. The molecule has 0 unspecified atom stereocenters. The summed E-state index contributed by atoms with van der Waals surface area (Å²) < 4.78 is 0. The number of benzene rings is 2. The minimum absolute atomic E-state index is 0.140. The highest BCUT2D eigenvalue weighted by molar-refractivity contribution is 6.29. The van der Waals surface area contributed by atoms with Crippen LogP contribution >= 0.6 is 0 Å². The first-order valence-corrected chi connectivity index (χ1v) is 8.70. The van der Waals surface area contributed by atoms with E-state index in [1.54, 1.807) is 36.4 Å².